The highest BCUT2D eigenvalue weighted by Gasteiger charge is 2.09. The lowest BCUT2D eigenvalue weighted by Gasteiger charge is -2.12. The summed E-state index contributed by atoms with van der Waals surface area (Å²) < 4.78 is 13.2. The first kappa shape index (κ1) is 21.9. The van der Waals surface area contributed by atoms with Gasteiger partial charge >= 0.3 is 0 Å². The van der Waals surface area contributed by atoms with Crippen LogP contribution >= 0.6 is 23.2 Å². The van der Waals surface area contributed by atoms with E-state index in [-0.39, 0.29) is 0 Å². The van der Waals surface area contributed by atoms with Crippen LogP contribution in [0.4, 0.5) is 5.82 Å². The van der Waals surface area contributed by atoms with Gasteiger partial charge in [0.05, 0.1) is 18.5 Å². The van der Waals surface area contributed by atoms with Crippen molar-refractivity contribution in [2.45, 2.75) is 13.5 Å². The SMILES string of the molecule is COc1cc(/C=N/c2cc(C)nn2-c2cccc(Cl)c2)ccc1OCc1ccccc1Cl. The summed E-state index contributed by atoms with van der Waals surface area (Å²) in [5.41, 5.74) is 3.48. The highest BCUT2D eigenvalue weighted by molar-refractivity contribution is 6.31. The molecular weight excluding hydrogens is 445 g/mol. The third kappa shape index (κ3) is 5.13. The molecule has 0 fully saturated rings. The second kappa shape index (κ2) is 9.90. The molecule has 0 aliphatic rings. The highest BCUT2D eigenvalue weighted by atomic mass is 35.5. The molecule has 0 N–H and O–H groups in total. The van der Waals surface area contributed by atoms with E-state index in [2.05, 4.69) is 10.1 Å². The van der Waals surface area contributed by atoms with Gasteiger partial charge in [0.25, 0.3) is 0 Å². The Bertz CT molecular complexity index is 1270. The van der Waals surface area contributed by atoms with Crippen molar-refractivity contribution in [2.24, 2.45) is 4.99 Å². The Hall–Kier alpha value is -3.28. The zero-order valence-corrected chi connectivity index (χ0v) is 19.1. The number of benzene rings is 3. The van der Waals surface area contributed by atoms with Crippen molar-refractivity contribution in [3.8, 4) is 17.2 Å². The third-order valence-corrected chi connectivity index (χ3v) is 5.34. The molecule has 32 heavy (non-hydrogen) atoms. The van der Waals surface area contributed by atoms with E-state index < -0.39 is 0 Å². The average molecular weight is 466 g/mol. The van der Waals surface area contributed by atoms with Gasteiger partial charge in [-0.15, -0.1) is 0 Å². The molecule has 1 heterocycles. The first-order chi connectivity index (χ1) is 15.5. The molecule has 0 saturated heterocycles. The Balaban J connectivity index is 1.55. The Labute approximate surface area is 196 Å². The van der Waals surface area contributed by atoms with Gasteiger partial charge in [-0.05, 0) is 55.0 Å². The third-order valence-electron chi connectivity index (χ3n) is 4.74. The van der Waals surface area contributed by atoms with Gasteiger partial charge in [0, 0.05) is 27.9 Å². The second-order valence-electron chi connectivity index (χ2n) is 7.08. The summed E-state index contributed by atoms with van der Waals surface area (Å²) in [6.45, 7) is 2.27. The van der Waals surface area contributed by atoms with Gasteiger partial charge in [0.1, 0.15) is 6.61 Å². The molecule has 5 nitrogen and oxygen atoms in total. The molecule has 0 spiro atoms. The molecule has 0 radical (unpaired) electrons. The molecule has 4 aromatic rings. The standard InChI is InChI=1S/C25H21Cl2N3O2/c1-17-12-25(30(29-17)21-8-5-7-20(26)14-21)28-15-18-10-11-23(24(13-18)31-2)32-16-19-6-3-4-9-22(19)27/h3-15H,16H2,1-2H3/b28-15+. The smallest absolute Gasteiger partial charge is 0.161 e. The highest BCUT2D eigenvalue weighted by Crippen LogP contribution is 2.30. The van der Waals surface area contributed by atoms with E-state index in [0.29, 0.717) is 34.0 Å². The minimum atomic E-state index is 0.349. The van der Waals surface area contributed by atoms with Gasteiger partial charge < -0.3 is 9.47 Å². The number of nitrogens with zero attached hydrogens (tertiary/aromatic N) is 3. The summed E-state index contributed by atoms with van der Waals surface area (Å²) in [5, 5.41) is 5.84. The molecule has 0 aliphatic heterocycles. The lowest BCUT2D eigenvalue weighted by Crippen LogP contribution is -1.99. The predicted molar refractivity (Wildman–Crippen MR) is 129 cm³/mol. The fraction of sp³-hybridized carbons (Fsp3) is 0.120. The Morgan fingerprint density at radius 1 is 0.969 bits per heavy atom. The molecule has 0 unspecified atom stereocenters. The molecule has 0 atom stereocenters. The van der Waals surface area contributed by atoms with Gasteiger partial charge in [0.15, 0.2) is 17.3 Å². The molecule has 3 aromatic carbocycles. The Morgan fingerprint density at radius 2 is 1.81 bits per heavy atom. The van der Waals surface area contributed by atoms with Crippen LogP contribution < -0.4 is 9.47 Å². The number of halogens is 2. The molecule has 0 bridgehead atoms. The minimum Gasteiger partial charge on any atom is -0.493 e. The number of aliphatic imine (C=N–C) groups is 1. The van der Waals surface area contributed by atoms with Crippen molar-refractivity contribution >= 4 is 35.2 Å². The molecular formula is C25H21Cl2N3O2. The van der Waals surface area contributed by atoms with Crippen LogP contribution in [0.1, 0.15) is 16.8 Å². The summed E-state index contributed by atoms with van der Waals surface area (Å²) in [5.74, 6) is 1.94. The topological polar surface area (TPSA) is 48.6 Å². The van der Waals surface area contributed by atoms with Gasteiger partial charge in [0.2, 0.25) is 0 Å². The summed E-state index contributed by atoms with van der Waals surface area (Å²) in [7, 11) is 1.61. The monoisotopic (exact) mass is 465 g/mol. The van der Waals surface area contributed by atoms with Crippen LogP contribution in [0, 0.1) is 6.92 Å². The number of aromatic nitrogens is 2. The summed E-state index contributed by atoms with van der Waals surface area (Å²) >= 11 is 12.3. The van der Waals surface area contributed by atoms with Crippen LogP contribution in [0.25, 0.3) is 5.69 Å². The van der Waals surface area contributed by atoms with Crippen LogP contribution in [-0.2, 0) is 6.61 Å². The first-order valence-corrected chi connectivity index (χ1v) is 10.7. The van der Waals surface area contributed by atoms with Crippen LogP contribution in [-0.4, -0.2) is 23.1 Å². The summed E-state index contributed by atoms with van der Waals surface area (Å²) in [6.07, 6.45) is 1.76. The number of ether oxygens (including phenoxy) is 2. The fourth-order valence-corrected chi connectivity index (χ4v) is 3.55. The van der Waals surface area contributed by atoms with Crippen molar-refractivity contribution in [2.75, 3.05) is 7.11 Å². The van der Waals surface area contributed by atoms with Crippen molar-refractivity contribution < 1.29 is 9.47 Å². The first-order valence-electron chi connectivity index (χ1n) is 9.94. The zero-order chi connectivity index (χ0) is 22.5. The van der Waals surface area contributed by atoms with Gasteiger partial charge in [-0.3, -0.25) is 0 Å². The van der Waals surface area contributed by atoms with Gasteiger partial charge in [-0.25, -0.2) is 9.67 Å². The molecule has 1 aromatic heterocycles. The van der Waals surface area contributed by atoms with Crippen LogP contribution in [0.5, 0.6) is 11.5 Å². The van der Waals surface area contributed by atoms with E-state index in [1.807, 2.05) is 79.7 Å². The molecule has 0 aliphatic carbocycles. The molecule has 162 valence electrons. The van der Waals surface area contributed by atoms with Crippen molar-refractivity contribution in [1.29, 1.82) is 0 Å². The Kier molecular flexibility index (Phi) is 6.78. The Morgan fingerprint density at radius 3 is 2.59 bits per heavy atom. The summed E-state index contributed by atoms with van der Waals surface area (Å²) in [4.78, 5) is 4.63. The minimum absolute atomic E-state index is 0.349. The van der Waals surface area contributed by atoms with E-state index in [0.717, 1.165) is 22.5 Å². The van der Waals surface area contributed by atoms with Crippen LogP contribution in [0.2, 0.25) is 10.0 Å². The van der Waals surface area contributed by atoms with Crippen LogP contribution in [0.15, 0.2) is 77.8 Å². The van der Waals surface area contributed by atoms with E-state index in [1.54, 1.807) is 18.0 Å². The lowest BCUT2D eigenvalue weighted by molar-refractivity contribution is 0.284. The van der Waals surface area contributed by atoms with E-state index in [1.165, 1.54) is 0 Å². The molecule has 0 amide bonds. The number of rotatable bonds is 7. The van der Waals surface area contributed by atoms with Crippen molar-refractivity contribution in [3.63, 3.8) is 0 Å². The van der Waals surface area contributed by atoms with Gasteiger partial charge in [-0.2, -0.15) is 5.10 Å². The number of hydrogen-bond donors (Lipinski definition) is 0. The second-order valence-corrected chi connectivity index (χ2v) is 7.93. The summed E-state index contributed by atoms with van der Waals surface area (Å²) in [6, 6.07) is 22.6. The normalized spacial score (nSPS) is 11.1. The predicted octanol–water partition coefficient (Wildman–Crippen LogP) is 6.83. The van der Waals surface area contributed by atoms with E-state index >= 15 is 0 Å². The van der Waals surface area contributed by atoms with E-state index in [4.69, 9.17) is 32.7 Å². The molecule has 7 heteroatoms. The lowest BCUT2D eigenvalue weighted by atomic mass is 10.2. The molecule has 0 saturated carbocycles. The molecule has 4 rings (SSSR count). The average Bonchev–Trinajstić information content (AvgIpc) is 3.18. The maximum absolute atomic E-state index is 6.21. The maximum Gasteiger partial charge on any atom is 0.161 e. The van der Waals surface area contributed by atoms with E-state index in [9.17, 15) is 0 Å². The quantitative estimate of drug-likeness (QED) is 0.281. The van der Waals surface area contributed by atoms with Crippen molar-refractivity contribution in [1.82, 2.24) is 9.78 Å². The largest absolute Gasteiger partial charge is 0.493 e. The van der Waals surface area contributed by atoms with Gasteiger partial charge in [-0.1, -0.05) is 47.5 Å². The maximum atomic E-state index is 6.21. The zero-order valence-electron chi connectivity index (χ0n) is 17.6. The number of methoxy groups -OCH3 is 1. The van der Waals surface area contributed by atoms with Crippen molar-refractivity contribution in [3.05, 3.63) is 99.7 Å². The number of hydrogen-bond acceptors (Lipinski definition) is 4. The number of aryl methyl sites for hydroxylation is 1. The fourth-order valence-electron chi connectivity index (χ4n) is 3.17. The van der Waals surface area contributed by atoms with Crippen LogP contribution in [0.3, 0.4) is 0 Å².